The van der Waals surface area contributed by atoms with Crippen LogP contribution in [0.25, 0.3) is 11.0 Å². The van der Waals surface area contributed by atoms with E-state index in [2.05, 4.69) is 6.07 Å². The lowest BCUT2D eigenvalue weighted by molar-refractivity contribution is -0.119. The third-order valence-electron chi connectivity index (χ3n) is 7.02. The molecule has 3 heterocycles. The fourth-order valence-electron chi connectivity index (χ4n) is 5.37. The first-order valence-electron chi connectivity index (χ1n) is 12.0. The zero-order chi connectivity index (χ0) is 23.9. The fraction of sp³-hybridized carbons (Fsp3) is 0.250. The van der Waals surface area contributed by atoms with Gasteiger partial charge in [0.15, 0.2) is 0 Å². The number of hydrogen-bond donors (Lipinski definition) is 0. The third kappa shape index (κ3) is 3.88. The van der Waals surface area contributed by atoms with E-state index in [-0.39, 0.29) is 24.3 Å². The summed E-state index contributed by atoms with van der Waals surface area (Å²) >= 11 is 6.39. The van der Waals surface area contributed by atoms with E-state index in [0.717, 1.165) is 35.4 Å². The van der Waals surface area contributed by atoms with Gasteiger partial charge in [-0.25, -0.2) is 4.98 Å². The number of aromatic nitrogens is 2. The van der Waals surface area contributed by atoms with Crippen LogP contribution in [0.15, 0.2) is 72.8 Å². The monoisotopic (exact) mass is 484 g/mol. The highest BCUT2D eigenvalue weighted by atomic mass is 35.5. The molecule has 176 valence electrons. The molecule has 35 heavy (non-hydrogen) atoms. The number of carbonyl (C=O) groups excluding carboxylic acids is 2. The highest BCUT2D eigenvalue weighted by Crippen LogP contribution is 2.36. The van der Waals surface area contributed by atoms with Gasteiger partial charge in [0.05, 0.1) is 21.7 Å². The molecule has 6 nitrogen and oxygen atoms in total. The summed E-state index contributed by atoms with van der Waals surface area (Å²) < 4.78 is 2.00. The Morgan fingerprint density at radius 2 is 1.71 bits per heavy atom. The van der Waals surface area contributed by atoms with Crippen molar-refractivity contribution in [3.8, 4) is 0 Å². The van der Waals surface area contributed by atoms with E-state index in [9.17, 15) is 9.59 Å². The maximum atomic E-state index is 13.6. The first-order valence-corrected chi connectivity index (χ1v) is 12.4. The van der Waals surface area contributed by atoms with E-state index in [1.165, 1.54) is 5.56 Å². The van der Waals surface area contributed by atoms with Crippen LogP contribution < -0.4 is 9.80 Å². The predicted molar refractivity (Wildman–Crippen MR) is 138 cm³/mol. The van der Waals surface area contributed by atoms with E-state index in [1.54, 1.807) is 11.0 Å². The minimum absolute atomic E-state index is 0.0120. The molecule has 1 aromatic heterocycles. The normalized spacial score (nSPS) is 17.7. The number of aryl methyl sites for hydroxylation is 1. The minimum Gasteiger partial charge on any atom is -0.318 e. The molecular formula is C28H25ClN4O2. The Labute approximate surface area is 208 Å². The number of carbonyl (C=O) groups is 2. The molecule has 2 aliphatic rings. The van der Waals surface area contributed by atoms with Crippen LogP contribution in [0.3, 0.4) is 0 Å². The van der Waals surface area contributed by atoms with Crippen LogP contribution in [-0.2, 0) is 22.6 Å². The molecule has 7 heteroatoms. The summed E-state index contributed by atoms with van der Waals surface area (Å²) in [6.45, 7) is 1.37. The number of halogens is 1. The van der Waals surface area contributed by atoms with Gasteiger partial charge in [-0.2, -0.15) is 0 Å². The number of para-hydroxylation sites is 4. The second-order valence-electron chi connectivity index (χ2n) is 9.18. The maximum Gasteiger partial charge on any atom is 0.246 e. The number of fused-ring (bicyclic) bond motifs is 2. The molecular weight excluding hydrogens is 460 g/mol. The van der Waals surface area contributed by atoms with Gasteiger partial charge in [-0.05, 0) is 48.7 Å². The number of nitrogens with zero attached hydrogens (tertiary/aromatic N) is 4. The SMILES string of the molecule is O=C1CC(c2nc3ccccc3n2CC(=O)N2CCCc3ccccc32)CN1c1ccccc1Cl. The Kier molecular flexibility index (Phi) is 5.53. The number of rotatable bonds is 4. The molecule has 3 aromatic carbocycles. The number of amides is 2. The Bertz CT molecular complexity index is 1450. The van der Waals surface area contributed by atoms with Gasteiger partial charge in [0, 0.05) is 31.1 Å². The minimum atomic E-state index is -0.132. The van der Waals surface area contributed by atoms with Gasteiger partial charge in [0.2, 0.25) is 11.8 Å². The lowest BCUT2D eigenvalue weighted by Crippen LogP contribution is -2.38. The van der Waals surface area contributed by atoms with E-state index in [4.69, 9.17) is 16.6 Å². The van der Waals surface area contributed by atoms with Crippen molar-refractivity contribution in [2.75, 3.05) is 22.9 Å². The molecule has 2 amide bonds. The van der Waals surface area contributed by atoms with Crippen molar-refractivity contribution in [2.45, 2.75) is 31.7 Å². The quantitative estimate of drug-likeness (QED) is 0.400. The van der Waals surface area contributed by atoms with Gasteiger partial charge >= 0.3 is 0 Å². The van der Waals surface area contributed by atoms with Crippen LogP contribution in [0.5, 0.6) is 0 Å². The molecule has 1 unspecified atom stereocenters. The number of hydrogen-bond acceptors (Lipinski definition) is 3. The molecule has 0 bridgehead atoms. The van der Waals surface area contributed by atoms with Crippen LogP contribution in [0.2, 0.25) is 5.02 Å². The first kappa shape index (κ1) is 21.9. The summed E-state index contributed by atoms with van der Waals surface area (Å²) in [5.74, 6) is 0.687. The van der Waals surface area contributed by atoms with Gasteiger partial charge in [-0.15, -0.1) is 0 Å². The molecule has 2 aliphatic heterocycles. The van der Waals surface area contributed by atoms with E-state index in [0.29, 0.717) is 30.2 Å². The Morgan fingerprint density at radius 1 is 0.971 bits per heavy atom. The summed E-state index contributed by atoms with van der Waals surface area (Å²) in [6.07, 6.45) is 2.26. The highest BCUT2D eigenvalue weighted by Gasteiger charge is 2.36. The topological polar surface area (TPSA) is 58.4 Å². The Morgan fingerprint density at radius 3 is 2.57 bits per heavy atom. The van der Waals surface area contributed by atoms with Crippen molar-refractivity contribution in [3.63, 3.8) is 0 Å². The summed E-state index contributed by atoms with van der Waals surface area (Å²) in [7, 11) is 0. The van der Waals surface area contributed by atoms with Crippen molar-refractivity contribution in [1.29, 1.82) is 0 Å². The summed E-state index contributed by atoms with van der Waals surface area (Å²) in [5.41, 5.74) is 4.66. The van der Waals surface area contributed by atoms with Crippen molar-refractivity contribution in [1.82, 2.24) is 9.55 Å². The van der Waals surface area contributed by atoms with Crippen molar-refractivity contribution >= 4 is 45.8 Å². The smallest absolute Gasteiger partial charge is 0.246 e. The van der Waals surface area contributed by atoms with E-state index < -0.39 is 0 Å². The molecule has 0 saturated carbocycles. The number of imidazole rings is 1. The molecule has 0 spiro atoms. The van der Waals surface area contributed by atoms with Gasteiger partial charge in [-0.3, -0.25) is 9.59 Å². The molecule has 1 saturated heterocycles. The lowest BCUT2D eigenvalue weighted by Gasteiger charge is -2.30. The molecule has 0 aliphatic carbocycles. The average molecular weight is 485 g/mol. The molecule has 0 radical (unpaired) electrons. The van der Waals surface area contributed by atoms with Crippen LogP contribution in [0.4, 0.5) is 11.4 Å². The number of anilines is 2. The first-order chi connectivity index (χ1) is 17.1. The second kappa shape index (κ2) is 8.86. The third-order valence-corrected chi connectivity index (χ3v) is 7.34. The van der Waals surface area contributed by atoms with Crippen molar-refractivity contribution in [3.05, 3.63) is 89.2 Å². The standard InChI is InChI=1S/C28H25ClN4O2/c29-21-10-2-5-13-24(21)32-17-20(16-26(32)34)28-30-22-11-3-6-14-25(22)33(28)18-27(35)31-15-7-9-19-8-1-4-12-23(19)31/h1-6,8,10-14,20H,7,9,15-18H2. The summed E-state index contributed by atoms with van der Waals surface area (Å²) in [4.78, 5) is 35.1. The van der Waals surface area contributed by atoms with E-state index in [1.807, 2.05) is 70.1 Å². The lowest BCUT2D eigenvalue weighted by atomic mass is 10.0. The summed E-state index contributed by atoms with van der Waals surface area (Å²) in [6, 6.07) is 23.4. The molecule has 1 atom stereocenters. The molecule has 6 rings (SSSR count). The molecule has 1 fully saturated rings. The Balaban J connectivity index is 1.34. The van der Waals surface area contributed by atoms with Crippen molar-refractivity contribution < 1.29 is 9.59 Å². The van der Waals surface area contributed by atoms with Gasteiger partial charge in [0.25, 0.3) is 0 Å². The van der Waals surface area contributed by atoms with E-state index >= 15 is 0 Å². The zero-order valence-electron chi connectivity index (χ0n) is 19.2. The fourth-order valence-corrected chi connectivity index (χ4v) is 5.61. The Hall–Kier alpha value is -3.64. The average Bonchev–Trinajstić information content (AvgIpc) is 3.44. The van der Waals surface area contributed by atoms with Crippen LogP contribution in [-0.4, -0.2) is 34.5 Å². The van der Waals surface area contributed by atoms with Crippen LogP contribution in [0, 0.1) is 0 Å². The van der Waals surface area contributed by atoms with Gasteiger partial charge in [-0.1, -0.05) is 54.1 Å². The second-order valence-corrected chi connectivity index (χ2v) is 9.59. The largest absolute Gasteiger partial charge is 0.318 e. The maximum absolute atomic E-state index is 13.6. The van der Waals surface area contributed by atoms with Crippen LogP contribution >= 0.6 is 11.6 Å². The van der Waals surface area contributed by atoms with Crippen LogP contribution in [0.1, 0.15) is 30.1 Å². The molecule has 4 aromatic rings. The zero-order valence-corrected chi connectivity index (χ0v) is 20.0. The summed E-state index contributed by atoms with van der Waals surface area (Å²) in [5, 5.41) is 0.550. The van der Waals surface area contributed by atoms with Gasteiger partial charge < -0.3 is 14.4 Å². The van der Waals surface area contributed by atoms with Gasteiger partial charge in [0.1, 0.15) is 12.4 Å². The van der Waals surface area contributed by atoms with Crippen molar-refractivity contribution in [2.24, 2.45) is 0 Å². The highest BCUT2D eigenvalue weighted by molar-refractivity contribution is 6.33. The number of benzene rings is 3. The molecule has 0 N–H and O–H groups in total. The predicted octanol–water partition coefficient (Wildman–Crippen LogP) is 5.19.